The first kappa shape index (κ1) is 27.5. The summed E-state index contributed by atoms with van der Waals surface area (Å²) in [5.74, 6) is 0.833. The Morgan fingerprint density at radius 1 is 0.778 bits per heavy atom. The van der Waals surface area contributed by atoms with Crippen molar-refractivity contribution in [3.8, 4) is 0 Å². The summed E-state index contributed by atoms with van der Waals surface area (Å²) < 4.78 is 2.04. The summed E-state index contributed by atoms with van der Waals surface area (Å²) in [6.45, 7) is 6.48. The van der Waals surface area contributed by atoms with Gasteiger partial charge in [0, 0.05) is 64.1 Å². The summed E-state index contributed by atoms with van der Waals surface area (Å²) in [5, 5.41) is 4.04. The number of anilines is 2. The van der Waals surface area contributed by atoms with Crippen LogP contribution in [0.2, 0.25) is 0 Å². The van der Waals surface area contributed by atoms with E-state index >= 15 is 0 Å². The fraction of sp³-hybridized carbons (Fsp3) is 0.375. The monoisotopic (exact) mass is 607 g/mol. The van der Waals surface area contributed by atoms with E-state index in [1.54, 1.807) is 12.1 Å². The van der Waals surface area contributed by atoms with E-state index in [2.05, 4.69) is 38.3 Å². The minimum absolute atomic E-state index is 0.0144. The highest BCUT2D eigenvalue weighted by Gasteiger charge is 2.43. The van der Waals surface area contributed by atoms with Gasteiger partial charge < -0.3 is 9.80 Å². The molecule has 4 aliphatic heterocycles. The van der Waals surface area contributed by atoms with Crippen molar-refractivity contribution >= 4 is 52.1 Å². The van der Waals surface area contributed by atoms with Gasteiger partial charge in [-0.05, 0) is 55.2 Å². The number of hydrogen-bond donors (Lipinski definition) is 1. The molecule has 0 atom stereocenters. The maximum absolute atomic E-state index is 13.2. The summed E-state index contributed by atoms with van der Waals surface area (Å²) in [6.07, 6.45) is 4.33. The Bertz CT molecular complexity index is 1860. The molecular weight excluding hydrogens is 574 g/mol. The first-order valence-corrected chi connectivity index (χ1v) is 15.5. The van der Waals surface area contributed by atoms with Gasteiger partial charge in [-0.3, -0.25) is 29.0 Å². The predicted molar refractivity (Wildman–Crippen MR) is 166 cm³/mol. The Balaban J connectivity index is 0.854. The third kappa shape index (κ3) is 4.83. The summed E-state index contributed by atoms with van der Waals surface area (Å²) in [6, 6.07) is 14.7. The van der Waals surface area contributed by atoms with E-state index in [0.29, 0.717) is 5.92 Å². The Morgan fingerprint density at radius 2 is 1.56 bits per heavy atom. The molecule has 3 saturated heterocycles. The molecule has 0 bridgehead atoms. The smallest absolute Gasteiger partial charge is 0.343 e. The fourth-order valence-electron chi connectivity index (χ4n) is 6.99. The Kier molecular flexibility index (Phi) is 6.63. The molecule has 0 saturated carbocycles. The number of rotatable bonds is 5. The second-order valence-electron chi connectivity index (χ2n) is 12.2. The first-order chi connectivity index (χ1) is 21.9. The van der Waals surface area contributed by atoms with Crippen molar-refractivity contribution < 1.29 is 19.2 Å². The van der Waals surface area contributed by atoms with Gasteiger partial charge in [0.25, 0.3) is 11.8 Å². The number of amides is 5. The van der Waals surface area contributed by atoms with Gasteiger partial charge in [0.1, 0.15) is 5.82 Å². The molecule has 5 amide bonds. The van der Waals surface area contributed by atoms with Crippen LogP contribution >= 0.6 is 0 Å². The molecule has 2 aromatic heterocycles. The number of urea groups is 1. The van der Waals surface area contributed by atoms with Gasteiger partial charge >= 0.3 is 6.03 Å². The van der Waals surface area contributed by atoms with E-state index in [0.717, 1.165) is 97.0 Å². The van der Waals surface area contributed by atoms with Gasteiger partial charge in [-0.1, -0.05) is 12.1 Å². The number of aromatic nitrogens is 3. The van der Waals surface area contributed by atoms with Crippen LogP contribution in [0.5, 0.6) is 0 Å². The SMILES string of the molecule is O=C1CCN(N2C(=O)c3ccc(N4CCN(CC5CCN(c6ccn7c(n6)nc6ccccc67)CC5)CC4)cc3C2=O)C(=O)N1. The van der Waals surface area contributed by atoms with Crippen molar-refractivity contribution in [1.29, 1.82) is 0 Å². The van der Waals surface area contributed by atoms with Crippen molar-refractivity contribution in [3.63, 3.8) is 0 Å². The van der Waals surface area contributed by atoms with E-state index in [9.17, 15) is 19.2 Å². The molecule has 3 fully saturated rings. The van der Waals surface area contributed by atoms with Gasteiger partial charge in [-0.25, -0.2) is 14.8 Å². The highest BCUT2D eigenvalue weighted by Crippen LogP contribution is 2.30. The number of hydrogen-bond acceptors (Lipinski definition) is 9. The summed E-state index contributed by atoms with van der Waals surface area (Å²) in [4.78, 5) is 66.8. The Labute approximate surface area is 259 Å². The molecule has 13 heteroatoms. The lowest BCUT2D eigenvalue weighted by atomic mass is 9.96. The van der Waals surface area contributed by atoms with Gasteiger partial charge in [0.05, 0.1) is 28.7 Å². The second-order valence-corrected chi connectivity index (χ2v) is 12.2. The maximum Gasteiger partial charge on any atom is 0.343 e. The average Bonchev–Trinajstić information content (AvgIpc) is 3.55. The molecule has 8 rings (SSSR count). The highest BCUT2D eigenvalue weighted by molar-refractivity contribution is 6.22. The van der Waals surface area contributed by atoms with E-state index < -0.39 is 23.8 Å². The molecular formula is C32H33N9O4. The van der Waals surface area contributed by atoms with Crippen molar-refractivity contribution in [2.24, 2.45) is 5.92 Å². The summed E-state index contributed by atoms with van der Waals surface area (Å²) in [5.41, 5.74) is 3.46. The number of nitrogens with one attached hydrogen (secondary N) is 1. The number of imide groups is 2. The number of imidazole rings is 1. The lowest BCUT2D eigenvalue weighted by Crippen LogP contribution is -2.58. The van der Waals surface area contributed by atoms with E-state index in [1.165, 1.54) is 0 Å². The van der Waals surface area contributed by atoms with Crippen LogP contribution in [0.15, 0.2) is 54.7 Å². The van der Waals surface area contributed by atoms with Crippen molar-refractivity contribution in [1.82, 2.24) is 34.6 Å². The molecule has 45 heavy (non-hydrogen) atoms. The lowest BCUT2D eigenvalue weighted by Gasteiger charge is -2.40. The average molecular weight is 608 g/mol. The van der Waals surface area contributed by atoms with Crippen LogP contribution in [0.1, 0.15) is 40.0 Å². The van der Waals surface area contributed by atoms with Crippen LogP contribution in [-0.4, -0.2) is 105 Å². The largest absolute Gasteiger partial charge is 0.369 e. The molecule has 0 unspecified atom stereocenters. The van der Waals surface area contributed by atoms with Crippen LogP contribution in [0.3, 0.4) is 0 Å². The van der Waals surface area contributed by atoms with Gasteiger partial charge in [-0.15, -0.1) is 0 Å². The van der Waals surface area contributed by atoms with Crippen LogP contribution in [0, 0.1) is 5.92 Å². The predicted octanol–water partition coefficient (Wildman–Crippen LogP) is 2.37. The molecule has 1 N–H and O–H groups in total. The first-order valence-electron chi connectivity index (χ1n) is 15.5. The molecule has 4 aliphatic rings. The van der Waals surface area contributed by atoms with E-state index in [1.807, 2.05) is 28.7 Å². The maximum atomic E-state index is 13.2. The van der Waals surface area contributed by atoms with Crippen LogP contribution in [0.4, 0.5) is 16.3 Å². The molecule has 0 spiro atoms. The standard InChI is InChI=1S/C32H33N9O4/c42-28-10-14-40(32(45)35-28)41-29(43)23-6-5-22(19-24(23)30(41)44)37-17-15-36(16-18-37)20-21-7-11-38(12-8-21)27-9-13-39-26-4-2-1-3-25(26)33-31(39)34-27/h1-6,9,13,19,21H,7-8,10-12,14-18,20H2,(H,35,42,45). The molecule has 2 aromatic carbocycles. The molecule has 0 radical (unpaired) electrons. The Hall–Kier alpha value is -5.04. The fourth-order valence-corrected chi connectivity index (χ4v) is 6.99. The quantitative estimate of drug-likeness (QED) is 0.340. The third-order valence-corrected chi connectivity index (χ3v) is 9.48. The molecule has 6 heterocycles. The summed E-state index contributed by atoms with van der Waals surface area (Å²) >= 11 is 0. The zero-order chi connectivity index (χ0) is 30.7. The van der Waals surface area contributed by atoms with Crippen LogP contribution in [0.25, 0.3) is 16.8 Å². The number of hydrazine groups is 1. The normalized spacial score (nSPS) is 20.1. The molecule has 0 aliphatic carbocycles. The topological polar surface area (TPSA) is 127 Å². The number of piperazine rings is 1. The number of piperidine rings is 1. The van der Waals surface area contributed by atoms with Crippen LogP contribution < -0.4 is 15.1 Å². The third-order valence-electron chi connectivity index (χ3n) is 9.48. The highest BCUT2D eigenvalue weighted by atomic mass is 16.2. The van der Waals surface area contributed by atoms with Gasteiger partial charge in [-0.2, -0.15) is 9.99 Å². The zero-order valence-corrected chi connectivity index (χ0v) is 24.8. The van der Waals surface area contributed by atoms with Crippen molar-refractivity contribution in [2.45, 2.75) is 19.3 Å². The molecule has 4 aromatic rings. The zero-order valence-electron chi connectivity index (χ0n) is 24.8. The Morgan fingerprint density at radius 3 is 2.36 bits per heavy atom. The minimum atomic E-state index is -0.760. The molecule has 230 valence electrons. The number of fused-ring (bicyclic) bond motifs is 4. The van der Waals surface area contributed by atoms with Crippen LogP contribution in [-0.2, 0) is 4.79 Å². The minimum Gasteiger partial charge on any atom is -0.369 e. The van der Waals surface area contributed by atoms with E-state index in [4.69, 9.17) is 9.97 Å². The number of carbonyl (C=O) groups excluding carboxylic acids is 4. The van der Waals surface area contributed by atoms with Gasteiger partial charge in [0.15, 0.2) is 0 Å². The van der Waals surface area contributed by atoms with Crippen molar-refractivity contribution in [3.05, 3.63) is 65.9 Å². The number of nitrogens with zero attached hydrogens (tertiary/aromatic N) is 8. The second kappa shape index (κ2) is 10.8. The number of benzene rings is 2. The number of carbonyl (C=O) groups is 4. The van der Waals surface area contributed by atoms with E-state index in [-0.39, 0.29) is 24.1 Å². The lowest BCUT2D eigenvalue weighted by molar-refractivity contribution is -0.122. The van der Waals surface area contributed by atoms with Gasteiger partial charge in [0.2, 0.25) is 11.7 Å². The van der Waals surface area contributed by atoms with Crippen molar-refractivity contribution in [2.75, 3.05) is 62.2 Å². The number of para-hydroxylation sites is 2. The summed E-state index contributed by atoms with van der Waals surface area (Å²) in [7, 11) is 0. The molecule has 13 nitrogen and oxygen atoms in total.